The van der Waals surface area contributed by atoms with E-state index >= 15 is 0 Å². The van der Waals surface area contributed by atoms with Gasteiger partial charge in [0.25, 0.3) is 5.91 Å². The van der Waals surface area contributed by atoms with E-state index in [0.717, 1.165) is 0 Å². The molecule has 1 aromatic heterocycles. The van der Waals surface area contributed by atoms with Crippen molar-refractivity contribution in [3.63, 3.8) is 0 Å². The number of amides is 1. The summed E-state index contributed by atoms with van der Waals surface area (Å²) < 4.78 is 20.0. The number of benzene rings is 1. The van der Waals surface area contributed by atoms with Crippen LogP contribution in [0.3, 0.4) is 0 Å². The summed E-state index contributed by atoms with van der Waals surface area (Å²) >= 11 is 0. The van der Waals surface area contributed by atoms with E-state index in [1.807, 2.05) is 6.92 Å². The van der Waals surface area contributed by atoms with Gasteiger partial charge >= 0.3 is 5.97 Å². The van der Waals surface area contributed by atoms with Crippen molar-refractivity contribution in [2.75, 3.05) is 13.7 Å². The lowest BCUT2D eigenvalue weighted by atomic mass is 9.99. The average molecular weight is 402 g/mol. The third-order valence-corrected chi connectivity index (χ3v) is 5.17. The van der Waals surface area contributed by atoms with E-state index in [9.17, 15) is 18.8 Å². The van der Waals surface area contributed by atoms with Crippen LogP contribution in [0.5, 0.6) is 0 Å². The van der Waals surface area contributed by atoms with Crippen LogP contribution in [0.4, 0.5) is 4.39 Å². The Morgan fingerprint density at radius 1 is 1.14 bits per heavy atom. The molecule has 156 valence electrons. The first-order chi connectivity index (χ1) is 13.6. The van der Waals surface area contributed by atoms with Gasteiger partial charge in [-0.05, 0) is 64.4 Å². The number of Topliss-reactive ketones (excluding diaryl/α,β-unsaturated/α-hetero) is 1. The highest BCUT2D eigenvalue weighted by Crippen LogP contribution is 2.26. The maximum absolute atomic E-state index is 13.3. The van der Waals surface area contributed by atoms with Crippen molar-refractivity contribution in [2.45, 2.75) is 47.2 Å². The Kier molecular flexibility index (Phi) is 6.95. The second-order valence-corrected chi connectivity index (χ2v) is 6.86. The topological polar surface area (TPSA) is 68.6 Å². The lowest BCUT2D eigenvalue weighted by Gasteiger charge is -2.24. The van der Waals surface area contributed by atoms with E-state index in [2.05, 4.69) is 0 Å². The maximum atomic E-state index is 13.3. The van der Waals surface area contributed by atoms with E-state index < -0.39 is 17.8 Å². The first kappa shape index (κ1) is 22.3. The molecule has 1 aromatic carbocycles. The number of carbonyl (C=O) groups excluding carboxylic acids is 3. The van der Waals surface area contributed by atoms with Gasteiger partial charge in [-0.15, -0.1) is 0 Å². The number of carbonyl (C=O) groups is 3. The molecule has 29 heavy (non-hydrogen) atoms. The first-order valence-corrected chi connectivity index (χ1v) is 9.59. The van der Waals surface area contributed by atoms with Gasteiger partial charge in [-0.2, -0.15) is 0 Å². The van der Waals surface area contributed by atoms with E-state index in [1.165, 1.54) is 36.2 Å². The summed E-state index contributed by atoms with van der Waals surface area (Å²) in [4.78, 5) is 39.7. The molecule has 0 N–H and O–H groups in total. The predicted octanol–water partition coefficient (Wildman–Crippen LogP) is 3.78. The van der Waals surface area contributed by atoms with Gasteiger partial charge in [-0.3, -0.25) is 9.59 Å². The van der Waals surface area contributed by atoms with Crippen molar-refractivity contribution in [2.24, 2.45) is 0 Å². The molecule has 6 nitrogen and oxygen atoms in total. The van der Waals surface area contributed by atoms with Gasteiger partial charge in [-0.25, -0.2) is 9.18 Å². The summed E-state index contributed by atoms with van der Waals surface area (Å²) in [6.45, 7) is 9.48. The molecule has 0 bridgehead atoms. The number of aromatic nitrogens is 1. The molecule has 0 aliphatic rings. The first-order valence-electron chi connectivity index (χ1n) is 9.59. The Morgan fingerprint density at radius 3 is 2.24 bits per heavy atom. The Hall–Kier alpha value is -2.96. The number of ether oxygens (including phenoxy) is 1. The molecule has 0 saturated heterocycles. The predicted molar refractivity (Wildman–Crippen MR) is 108 cm³/mol. The Balaban J connectivity index is 2.39. The molecular formula is C22H27FN2O4. The van der Waals surface area contributed by atoms with Gasteiger partial charge in [0.1, 0.15) is 11.5 Å². The zero-order valence-electron chi connectivity index (χ0n) is 17.7. The number of rotatable bonds is 7. The standard InChI is InChI=1S/C22H27FN2O4/c1-7-25-14(4)18(13(3)19(25)22(28)29-8-2)20(26)15(5)24(6)21(27)16-9-11-17(23)12-10-16/h9-12,15H,7-8H2,1-6H3. The number of halogens is 1. The second-order valence-electron chi connectivity index (χ2n) is 6.86. The molecule has 0 spiro atoms. The van der Waals surface area contributed by atoms with Gasteiger partial charge in [0, 0.05) is 30.4 Å². The fraction of sp³-hybridized carbons (Fsp3) is 0.409. The van der Waals surface area contributed by atoms with Gasteiger partial charge < -0.3 is 14.2 Å². The Labute approximate surface area is 170 Å². The SMILES string of the molecule is CCOC(=O)c1c(C)c(C(=O)C(C)N(C)C(=O)c2ccc(F)cc2)c(C)n1CC. The number of esters is 1. The smallest absolute Gasteiger partial charge is 0.355 e. The maximum Gasteiger partial charge on any atom is 0.355 e. The van der Waals surface area contributed by atoms with Crippen LogP contribution in [0.2, 0.25) is 0 Å². The lowest BCUT2D eigenvalue weighted by molar-refractivity contribution is 0.0512. The van der Waals surface area contributed by atoms with Crippen molar-refractivity contribution >= 4 is 17.7 Å². The molecular weight excluding hydrogens is 375 g/mol. The highest BCUT2D eigenvalue weighted by Gasteiger charge is 2.31. The summed E-state index contributed by atoms with van der Waals surface area (Å²) in [5, 5.41) is 0. The highest BCUT2D eigenvalue weighted by molar-refractivity contribution is 6.07. The molecule has 0 aliphatic carbocycles. The normalized spacial score (nSPS) is 11.8. The van der Waals surface area contributed by atoms with Crippen molar-refractivity contribution in [1.29, 1.82) is 0 Å². The van der Waals surface area contributed by atoms with Crippen LogP contribution in [0.25, 0.3) is 0 Å². The van der Waals surface area contributed by atoms with E-state index in [4.69, 9.17) is 4.74 Å². The van der Waals surface area contributed by atoms with Crippen LogP contribution in [0.1, 0.15) is 63.2 Å². The fourth-order valence-electron chi connectivity index (χ4n) is 3.47. The van der Waals surface area contributed by atoms with Crippen molar-refractivity contribution in [1.82, 2.24) is 9.47 Å². The number of likely N-dealkylation sites (N-methyl/N-ethyl adjacent to an activating group) is 1. The van der Waals surface area contributed by atoms with E-state index in [-0.39, 0.29) is 18.3 Å². The van der Waals surface area contributed by atoms with E-state index in [0.29, 0.717) is 34.6 Å². The average Bonchev–Trinajstić information content (AvgIpc) is 2.96. The largest absolute Gasteiger partial charge is 0.461 e. The molecule has 0 aliphatic heterocycles. The molecule has 0 radical (unpaired) electrons. The zero-order valence-corrected chi connectivity index (χ0v) is 17.7. The molecule has 2 rings (SSSR count). The summed E-state index contributed by atoms with van der Waals surface area (Å²) in [6.07, 6.45) is 0. The zero-order chi connectivity index (χ0) is 21.9. The summed E-state index contributed by atoms with van der Waals surface area (Å²) in [7, 11) is 1.53. The quantitative estimate of drug-likeness (QED) is 0.522. The van der Waals surface area contributed by atoms with Crippen LogP contribution < -0.4 is 0 Å². The van der Waals surface area contributed by atoms with Crippen LogP contribution >= 0.6 is 0 Å². The molecule has 1 heterocycles. The number of hydrogen-bond acceptors (Lipinski definition) is 4. The number of ketones is 1. The van der Waals surface area contributed by atoms with Crippen LogP contribution in [0.15, 0.2) is 24.3 Å². The van der Waals surface area contributed by atoms with Crippen LogP contribution in [-0.2, 0) is 11.3 Å². The van der Waals surface area contributed by atoms with Crippen LogP contribution in [0, 0.1) is 19.7 Å². The van der Waals surface area contributed by atoms with Gasteiger partial charge in [0.2, 0.25) is 0 Å². The second kappa shape index (κ2) is 9.03. The minimum absolute atomic E-state index is 0.237. The molecule has 1 unspecified atom stereocenters. The molecule has 0 saturated carbocycles. The summed E-state index contributed by atoms with van der Waals surface area (Å²) in [5.74, 6) is -1.57. The Bertz CT molecular complexity index is 931. The summed E-state index contributed by atoms with van der Waals surface area (Å²) in [6, 6.07) is 4.40. The highest BCUT2D eigenvalue weighted by atomic mass is 19.1. The van der Waals surface area contributed by atoms with Gasteiger partial charge in [0.05, 0.1) is 12.6 Å². The van der Waals surface area contributed by atoms with Crippen molar-refractivity contribution in [3.8, 4) is 0 Å². The summed E-state index contributed by atoms with van der Waals surface area (Å²) in [5.41, 5.74) is 2.27. The number of hydrogen-bond donors (Lipinski definition) is 0. The molecule has 1 atom stereocenters. The van der Waals surface area contributed by atoms with Gasteiger partial charge in [0.15, 0.2) is 5.78 Å². The minimum Gasteiger partial charge on any atom is -0.461 e. The molecule has 0 fully saturated rings. The molecule has 2 aromatic rings. The molecule has 7 heteroatoms. The van der Waals surface area contributed by atoms with Crippen LogP contribution in [-0.4, -0.2) is 46.8 Å². The third-order valence-electron chi connectivity index (χ3n) is 5.17. The van der Waals surface area contributed by atoms with Crippen molar-refractivity contribution in [3.05, 3.63) is 58.2 Å². The van der Waals surface area contributed by atoms with Gasteiger partial charge in [-0.1, -0.05) is 0 Å². The molecule has 1 amide bonds. The minimum atomic E-state index is -0.771. The monoisotopic (exact) mass is 402 g/mol. The van der Waals surface area contributed by atoms with E-state index in [1.54, 1.807) is 32.3 Å². The lowest BCUT2D eigenvalue weighted by Crippen LogP contribution is -2.40. The third kappa shape index (κ3) is 4.23. The fourth-order valence-corrected chi connectivity index (χ4v) is 3.47. The number of nitrogens with zero attached hydrogens (tertiary/aromatic N) is 2. The van der Waals surface area contributed by atoms with Crippen molar-refractivity contribution < 1.29 is 23.5 Å². The Morgan fingerprint density at radius 2 is 1.72 bits per heavy atom.